The maximum absolute atomic E-state index is 6.27. The Morgan fingerprint density at radius 2 is 1.83 bits per heavy atom. The van der Waals surface area contributed by atoms with Crippen LogP contribution >= 0.6 is 0 Å². The Balaban J connectivity index is 1.90. The van der Waals surface area contributed by atoms with E-state index in [1.54, 1.807) is 0 Å². The number of likely N-dealkylation sites (tertiary alicyclic amines) is 1. The van der Waals surface area contributed by atoms with Crippen molar-refractivity contribution in [3.8, 4) is 0 Å². The lowest BCUT2D eigenvalue weighted by Gasteiger charge is -2.37. The normalized spacial score (nSPS) is 21.8. The molecule has 1 aliphatic heterocycles. The van der Waals surface area contributed by atoms with E-state index in [4.69, 9.17) is 9.40 Å². The molecule has 3 nitrogen and oxygen atoms in total. The van der Waals surface area contributed by atoms with Crippen LogP contribution in [0.3, 0.4) is 0 Å². The predicted octanol–water partition coefficient (Wildman–Crippen LogP) is 4.82. The molecule has 0 radical (unpaired) electrons. The molecule has 0 saturated carbocycles. The third kappa shape index (κ3) is 2.44. The molecule has 1 atom stereocenters. The van der Waals surface area contributed by atoms with E-state index in [0.29, 0.717) is 5.92 Å². The van der Waals surface area contributed by atoms with Gasteiger partial charge in [-0.05, 0) is 43.0 Å². The van der Waals surface area contributed by atoms with Gasteiger partial charge in [-0.15, -0.1) is 0 Å². The van der Waals surface area contributed by atoms with Gasteiger partial charge in [0.2, 0.25) is 5.89 Å². The summed E-state index contributed by atoms with van der Waals surface area (Å²) in [6.45, 7) is 6.69. The molecule has 4 rings (SSSR count). The van der Waals surface area contributed by atoms with Crippen molar-refractivity contribution < 1.29 is 4.42 Å². The fourth-order valence-electron chi connectivity index (χ4n) is 4.02. The average Bonchev–Trinajstić information content (AvgIpc) is 3.19. The Morgan fingerprint density at radius 1 is 1.08 bits per heavy atom. The van der Waals surface area contributed by atoms with Gasteiger partial charge in [-0.1, -0.05) is 56.3 Å². The summed E-state index contributed by atoms with van der Waals surface area (Å²) >= 11 is 0. The lowest BCUT2D eigenvalue weighted by Crippen LogP contribution is -2.44. The van der Waals surface area contributed by atoms with Crippen molar-refractivity contribution in [3.63, 3.8) is 0 Å². The number of benzene rings is 2. The molecule has 1 aromatic heterocycles. The van der Waals surface area contributed by atoms with E-state index < -0.39 is 0 Å². The molecule has 24 heavy (non-hydrogen) atoms. The van der Waals surface area contributed by atoms with Gasteiger partial charge >= 0.3 is 0 Å². The summed E-state index contributed by atoms with van der Waals surface area (Å²) in [5.41, 5.74) is 2.86. The standard InChI is InChI=1S/C21H24N2O/c1-16(2)15-23-14-8-13-21(23,17-9-4-3-5-10-17)20-22-18-11-6-7-12-19(18)24-20/h3-7,9-12,16H,8,13-15H2,1-2H3. The summed E-state index contributed by atoms with van der Waals surface area (Å²) in [6, 6.07) is 18.8. The fourth-order valence-corrected chi connectivity index (χ4v) is 4.02. The molecule has 0 amide bonds. The largest absolute Gasteiger partial charge is 0.438 e. The van der Waals surface area contributed by atoms with Crippen LogP contribution in [0.1, 0.15) is 38.1 Å². The van der Waals surface area contributed by atoms with Gasteiger partial charge in [0.15, 0.2) is 5.58 Å². The third-order valence-electron chi connectivity index (χ3n) is 4.99. The Labute approximate surface area is 143 Å². The van der Waals surface area contributed by atoms with E-state index in [2.05, 4.69) is 49.1 Å². The average molecular weight is 320 g/mol. The van der Waals surface area contributed by atoms with E-state index in [9.17, 15) is 0 Å². The van der Waals surface area contributed by atoms with Crippen LogP contribution in [0.4, 0.5) is 0 Å². The van der Waals surface area contributed by atoms with Gasteiger partial charge in [-0.3, -0.25) is 4.90 Å². The second-order valence-electron chi connectivity index (χ2n) is 7.16. The number of hydrogen-bond acceptors (Lipinski definition) is 3. The van der Waals surface area contributed by atoms with E-state index in [1.807, 2.05) is 24.3 Å². The first-order chi connectivity index (χ1) is 11.7. The molecule has 2 heterocycles. The molecule has 2 aromatic carbocycles. The van der Waals surface area contributed by atoms with Gasteiger partial charge in [0.1, 0.15) is 11.1 Å². The SMILES string of the molecule is CC(C)CN1CCCC1(c1ccccc1)c1nc2ccccc2o1. The third-order valence-corrected chi connectivity index (χ3v) is 4.99. The van der Waals surface area contributed by atoms with Crippen LogP contribution in [-0.4, -0.2) is 23.0 Å². The smallest absolute Gasteiger partial charge is 0.220 e. The minimum atomic E-state index is -0.245. The molecule has 1 unspecified atom stereocenters. The molecule has 1 fully saturated rings. The molecule has 0 N–H and O–H groups in total. The zero-order chi connectivity index (χ0) is 16.6. The number of para-hydroxylation sites is 2. The van der Waals surface area contributed by atoms with Gasteiger partial charge in [-0.2, -0.15) is 0 Å². The summed E-state index contributed by atoms with van der Waals surface area (Å²) in [7, 11) is 0. The van der Waals surface area contributed by atoms with Gasteiger partial charge in [0.25, 0.3) is 0 Å². The summed E-state index contributed by atoms with van der Waals surface area (Å²) in [5.74, 6) is 1.45. The summed E-state index contributed by atoms with van der Waals surface area (Å²) in [6.07, 6.45) is 2.22. The van der Waals surface area contributed by atoms with Crippen molar-refractivity contribution in [2.24, 2.45) is 5.92 Å². The molecule has 0 bridgehead atoms. The monoisotopic (exact) mass is 320 g/mol. The van der Waals surface area contributed by atoms with Gasteiger partial charge in [0, 0.05) is 6.54 Å². The maximum Gasteiger partial charge on any atom is 0.220 e. The van der Waals surface area contributed by atoms with Crippen LogP contribution in [0.5, 0.6) is 0 Å². The van der Waals surface area contributed by atoms with Crippen molar-refractivity contribution in [2.45, 2.75) is 32.2 Å². The molecule has 1 aliphatic rings. The van der Waals surface area contributed by atoms with E-state index in [-0.39, 0.29) is 5.54 Å². The van der Waals surface area contributed by atoms with E-state index in [1.165, 1.54) is 12.0 Å². The van der Waals surface area contributed by atoms with Crippen molar-refractivity contribution in [1.82, 2.24) is 9.88 Å². The highest BCUT2D eigenvalue weighted by Crippen LogP contribution is 2.45. The first-order valence-electron chi connectivity index (χ1n) is 8.87. The lowest BCUT2D eigenvalue weighted by molar-refractivity contribution is 0.130. The Kier molecular flexibility index (Phi) is 3.89. The maximum atomic E-state index is 6.27. The molecular weight excluding hydrogens is 296 g/mol. The van der Waals surface area contributed by atoms with Crippen LogP contribution in [0.25, 0.3) is 11.1 Å². The van der Waals surface area contributed by atoms with E-state index in [0.717, 1.165) is 36.5 Å². The number of aromatic nitrogens is 1. The van der Waals surface area contributed by atoms with Crippen LogP contribution in [0, 0.1) is 5.92 Å². The number of nitrogens with zero attached hydrogens (tertiary/aromatic N) is 2. The molecule has 0 aliphatic carbocycles. The van der Waals surface area contributed by atoms with Crippen molar-refractivity contribution >= 4 is 11.1 Å². The van der Waals surface area contributed by atoms with E-state index >= 15 is 0 Å². The second-order valence-corrected chi connectivity index (χ2v) is 7.16. The summed E-state index contributed by atoms with van der Waals surface area (Å²) in [5, 5.41) is 0. The van der Waals surface area contributed by atoms with Gasteiger partial charge in [-0.25, -0.2) is 4.98 Å². The first kappa shape index (κ1) is 15.4. The molecule has 0 spiro atoms. The van der Waals surface area contributed by atoms with Crippen molar-refractivity contribution in [2.75, 3.05) is 13.1 Å². The van der Waals surface area contributed by atoms with Crippen LogP contribution in [0.15, 0.2) is 59.0 Å². The highest BCUT2D eigenvalue weighted by atomic mass is 16.4. The number of fused-ring (bicyclic) bond motifs is 1. The van der Waals surface area contributed by atoms with Crippen LogP contribution in [-0.2, 0) is 5.54 Å². The minimum absolute atomic E-state index is 0.245. The first-order valence-corrected chi connectivity index (χ1v) is 8.87. The predicted molar refractivity (Wildman–Crippen MR) is 96.9 cm³/mol. The zero-order valence-corrected chi connectivity index (χ0v) is 14.4. The fraction of sp³-hybridized carbons (Fsp3) is 0.381. The van der Waals surface area contributed by atoms with Crippen molar-refractivity contribution in [1.29, 1.82) is 0 Å². The quantitative estimate of drug-likeness (QED) is 0.690. The highest BCUT2D eigenvalue weighted by molar-refractivity contribution is 5.72. The zero-order valence-electron chi connectivity index (χ0n) is 14.4. The topological polar surface area (TPSA) is 29.3 Å². The molecule has 124 valence electrons. The molecule has 3 heteroatoms. The van der Waals surface area contributed by atoms with Crippen LogP contribution in [0.2, 0.25) is 0 Å². The number of rotatable bonds is 4. The summed E-state index contributed by atoms with van der Waals surface area (Å²) < 4.78 is 6.27. The minimum Gasteiger partial charge on any atom is -0.438 e. The van der Waals surface area contributed by atoms with Crippen molar-refractivity contribution in [3.05, 3.63) is 66.1 Å². The number of hydrogen-bond donors (Lipinski definition) is 0. The Bertz CT molecular complexity index is 791. The highest BCUT2D eigenvalue weighted by Gasteiger charge is 2.47. The molecular formula is C21H24N2O. The lowest BCUT2D eigenvalue weighted by atomic mass is 9.86. The number of oxazole rings is 1. The molecule has 3 aromatic rings. The second kappa shape index (κ2) is 6.06. The Hall–Kier alpha value is -2.13. The Morgan fingerprint density at radius 3 is 2.58 bits per heavy atom. The van der Waals surface area contributed by atoms with Crippen LogP contribution < -0.4 is 0 Å². The van der Waals surface area contributed by atoms with Gasteiger partial charge < -0.3 is 4.42 Å². The summed E-state index contributed by atoms with van der Waals surface area (Å²) in [4.78, 5) is 7.46. The van der Waals surface area contributed by atoms with Gasteiger partial charge in [0.05, 0.1) is 0 Å². The molecule has 1 saturated heterocycles.